The number of rotatable bonds is 7. The molecule has 1 fully saturated rings. The predicted molar refractivity (Wildman–Crippen MR) is 73.5 cm³/mol. The maximum atomic E-state index is 13.1. The first kappa shape index (κ1) is 10.7. The average molecular weight is 328 g/mol. The van der Waals surface area contributed by atoms with Crippen LogP contribution in [0.2, 0.25) is 0 Å². The summed E-state index contributed by atoms with van der Waals surface area (Å²) < 4.78 is 50.9. The normalized spacial score (nSPS) is 31.8. The van der Waals surface area contributed by atoms with E-state index in [0.29, 0.717) is 13.0 Å². The number of halogens is 3. The molecule has 0 radical (unpaired) electrons. The Morgan fingerprint density at radius 3 is 2.53 bits per heavy atom. The van der Waals surface area contributed by atoms with Gasteiger partial charge in [0, 0.05) is 49.2 Å². The molecule has 8 heteroatoms. The molecule has 102 valence electrons. The Morgan fingerprint density at radius 1 is 1.35 bits per heavy atom. The molecule has 0 aromatic carbocycles. The molecular formula is C9H18Cl3N2O2P. The van der Waals surface area contributed by atoms with Gasteiger partial charge in [-0.1, -0.05) is 0 Å². The Hall–Kier alpha value is 0.980. The second-order valence-electron chi connectivity index (χ2n) is 3.41. The molecule has 0 aromatic heterocycles. The average Bonchev–Trinajstić information content (AvgIpc) is 2.28. The van der Waals surface area contributed by atoms with Crippen LogP contribution >= 0.6 is 42.5 Å². The second-order valence-corrected chi connectivity index (χ2v) is 6.69. The molecule has 0 spiro atoms. The number of alkyl halides is 3. The first-order valence-corrected chi connectivity index (χ1v) is 7.99. The van der Waals surface area contributed by atoms with Gasteiger partial charge in [-0.2, -0.15) is 0 Å². The molecule has 1 aliphatic heterocycles. The minimum Gasteiger partial charge on any atom is -0.306 e. The Kier molecular flexibility index (Phi) is 5.18. The zero-order chi connectivity index (χ0) is 16.3. The van der Waals surface area contributed by atoms with Gasteiger partial charge in [0.2, 0.25) is 0 Å². The van der Waals surface area contributed by atoms with E-state index in [2.05, 4.69) is 0 Å². The monoisotopic (exact) mass is 326 g/mol. The zero-order valence-electron chi connectivity index (χ0n) is 13.2. The third-order valence-corrected chi connectivity index (χ3v) is 5.40. The van der Waals surface area contributed by atoms with Crippen LogP contribution in [-0.2, 0) is 9.09 Å². The van der Waals surface area contributed by atoms with Crippen LogP contribution in [0, 0.1) is 0 Å². The van der Waals surface area contributed by atoms with Gasteiger partial charge in [-0.25, -0.2) is 9.34 Å². The molecule has 1 heterocycles. The summed E-state index contributed by atoms with van der Waals surface area (Å²) in [7, 11) is -3.61. The van der Waals surface area contributed by atoms with Crippen LogP contribution in [-0.4, -0.2) is 59.7 Å². The van der Waals surface area contributed by atoms with Gasteiger partial charge in [0.15, 0.2) is 0 Å². The van der Waals surface area contributed by atoms with Crippen molar-refractivity contribution in [1.29, 1.82) is 0 Å². The van der Waals surface area contributed by atoms with Gasteiger partial charge in [-0.15, -0.1) is 34.8 Å². The van der Waals surface area contributed by atoms with E-state index >= 15 is 0 Å². The molecule has 0 bridgehead atoms. The highest BCUT2D eigenvalue weighted by molar-refractivity contribution is 7.54. The highest BCUT2D eigenvalue weighted by atomic mass is 35.5. The quantitative estimate of drug-likeness (QED) is 0.532. The molecule has 0 aliphatic carbocycles. The van der Waals surface area contributed by atoms with E-state index in [1.807, 2.05) is 0 Å². The second kappa shape index (κ2) is 8.21. The fourth-order valence-corrected chi connectivity index (χ4v) is 4.68. The van der Waals surface area contributed by atoms with Gasteiger partial charge in [-0.3, -0.25) is 4.57 Å². The summed E-state index contributed by atoms with van der Waals surface area (Å²) in [6, 6.07) is 0. The number of hydrogen-bond acceptors (Lipinski definition) is 2. The van der Waals surface area contributed by atoms with Crippen LogP contribution in [0.5, 0.6) is 0 Å². The Balaban J connectivity index is 3.04. The summed E-state index contributed by atoms with van der Waals surface area (Å²) in [6.07, 6.45) is 0.663. The van der Waals surface area contributed by atoms with Crippen molar-refractivity contribution in [3.05, 3.63) is 0 Å². The number of nitrogens with zero attached hydrogens (tertiary/aromatic N) is 2. The van der Waals surface area contributed by atoms with E-state index < -0.39 is 32.4 Å². The van der Waals surface area contributed by atoms with Gasteiger partial charge in [0.1, 0.15) is 0 Å². The van der Waals surface area contributed by atoms with Crippen molar-refractivity contribution in [2.24, 2.45) is 0 Å². The standard InChI is InChI=1S/C9H18Cl3N2O2P/c10-2-6-13-5-1-9-16-17(13,15)14(7-3-11)8-4-12/h1-9H2/i3D2,4D2. The van der Waals surface area contributed by atoms with E-state index in [-0.39, 0.29) is 19.0 Å². The van der Waals surface area contributed by atoms with Gasteiger partial charge < -0.3 is 4.52 Å². The van der Waals surface area contributed by atoms with E-state index in [9.17, 15) is 4.57 Å². The molecule has 1 saturated heterocycles. The predicted octanol–water partition coefficient (Wildman–Crippen LogP) is 2.84. The van der Waals surface area contributed by atoms with Crippen molar-refractivity contribution in [2.75, 3.05) is 50.3 Å². The van der Waals surface area contributed by atoms with Gasteiger partial charge in [0.05, 0.1) is 6.61 Å². The SMILES string of the molecule is [2H]C([2H])(Cl)CN(CC([2H])([2H])Cl)P1(=O)OCCCN1CCCl. The fourth-order valence-electron chi connectivity index (χ4n) is 1.61. The lowest BCUT2D eigenvalue weighted by molar-refractivity contribution is 0.171. The van der Waals surface area contributed by atoms with Crippen molar-refractivity contribution >= 4 is 42.5 Å². The maximum Gasteiger partial charge on any atom is 0.346 e. The van der Waals surface area contributed by atoms with Crippen LogP contribution in [0.15, 0.2) is 0 Å². The smallest absolute Gasteiger partial charge is 0.306 e. The lowest BCUT2D eigenvalue weighted by Crippen LogP contribution is -2.39. The summed E-state index contributed by atoms with van der Waals surface area (Å²) in [5.74, 6) is -4.15. The first-order chi connectivity index (χ1) is 9.48. The topological polar surface area (TPSA) is 32.8 Å². The summed E-state index contributed by atoms with van der Waals surface area (Å²) in [6.45, 7) is 0.0415. The molecule has 0 aromatic rings. The first-order valence-electron chi connectivity index (χ1n) is 7.17. The van der Waals surface area contributed by atoms with Crippen molar-refractivity contribution in [2.45, 2.75) is 6.42 Å². The van der Waals surface area contributed by atoms with Crippen molar-refractivity contribution in [1.82, 2.24) is 9.34 Å². The molecule has 4 nitrogen and oxygen atoms in total. The molecule has 0 N–H and O–H groups in total. The fraction of sp³-hybridized carbons (Fsp3) is 1.00. The van der Waals surface area contributed by atoms with E-state index in [1.54, 1.807) is 0 Å². The third-order valence-electron chi connectivity index (χ3n) is 2.36. The zero-order valence-corrected chi connectivity index (χ0v) is 12.4. The van der Waals surface area contributed by atoms with E-state index in [4.69, 9.17) is 44.8 Å². The van der Waals surface area contributed by atoms with Gasteiger partial charge in [0.25, 0.3) is 0 Å². The summed E-state index contributed by atoms with van der Waals surface area (Å²) in [5, 5.41) is 0. The summed E-state index contributed by atoms with van der Waals surface area (Å²) in [4.78, 5) is 0. The molecule has 1 aliphatic rings. The summed E-state index contributed by atoms with van der Waals surface area (Å²) in [5.41, 5.74) is 0. The van der Waals surface area contributed by atoms with Crippen LogP contribution in [0.25, 0.3) is 0 Å². The van der Waals surface area contributed by atoms with E-state index in [1.165, 1.54) is 4.67 Å². The van der Waals surface area contributed by atoms with Gasteiger partial charge in [-0.05, 0) is 6.42 Å². The van der Waals surface area contributed by atoms with E-state index in [0.717, 1.165) is 4.67 Å². The Labute approximate surface area is 123 Å². The molecule has 0 saturated carbocycles. The van der Waals surface area contributed by atoms with Crippen LogP contribution in [0.3, 0.4) is 0 Å². The molecule has 17 heavy (non-hydrogen) atoms. The highest BCUT2D eigenvalue weighted by Crippen LogP contribution is 2.56. The number of hydrogen-bond donors (Lipinski definition) is 0. The Morgan fingerprint density at radius 2 is 2.00 bits per heavy atom. The van der Waals surface area contributed by atoms with Crippen LogP contribution < -0.4 is 0 Å². The maximum absolute atomic E-state index is 13.1. The molecule has 1 atom stereocenters. The largest absolute Gasteiger partial charge is 0.346 e. The van der Waals surface area contributed by atoms with Gasteiger partial charge >= 0.3 is 7.67 Å². The van der Waals surface area contributed by atoms with Crippen LogP contribution in [0.4, 0.5) is 0 Å². The molecular weight excluding hydrogens is 305 g/mol. The lowest BCUT2D eigenvalue weighted by Gasteiger charge is -2.40. The minimum atomic E-state index is -3.61. The molecule has 0 amide bonds. The highest BCUT2D eigenvalue weighted by Gasteiger charge is 2.40. The van der Waals surface area contributed by atoms with Crippen molar-refractivity contribution in [3.8, 4) is 0 Å². The Bertz CT molecular complexity index is 376. The minimum absolute atomic E-state index is 0.225. The van der Waals surface area contributed by atoms with Crippen LogP contribution in [0.1, 0.15) is 11.9 Å². The lowest BCUT2D eigenvalue weighted by atomic mass is 10.4. The molecule has 1 unspecified atom stereocenters. The van der Waals surface area contributed by atoms with Crippen molar-refractivity contribution < 1.29 is 14.6 Å². The van der Waals surface area contributed by atoms with Crippen molar-refractivity contribution in [3.63, 3.8) is 0 Å². The molecule has 1 rings (SSSR count). The summed E-state index contributed by atoms with van der Waals surface area (Å²) >= 11 is 16.8. The third kappa shape index (κ3) is 4.24.